The number of anilines is 3. The lowest BCUT2D eigenvalue weighted by atomic mass is 10.0. The average molecular weight is 553 g/mol. The fraction of sp³-hybridized carbons (Fsp3) is 0.360. The summed E-state index contributed by atoms with van der Waals surface area (Å²) < 4.78 is 55.9. The standard InChI is InChI=1S/C25H25ClF4N6O2/c1-13-7-16(25(28,29)30)9-22(31-13)36-11-15(23(37)32-20-12-34(3)33-14(20)2)8-21(36)24(38)35(4)17-5-6-19(27)18(26)10-17/h5-7,9-10,12,15,21H,8,11H2,1-4H3,(H,32,37)/t15-,21-/m0/s1. The Kier molecular flexibility index (Phi) is 7.37. The Labute approximate surface area is 221 Å². The van der Waals surface area contributed by atoms with Gasteiger partial charge in [-0.3, -0.25) is 14.3 Å². The van der Waals surface area contributed by atoms with E-state index in [1.165, 1.54) is 40.6 Å². The Morgan fingerprint density at radius 3 is 2.50 bits per heavy atom. The quantitative estimate of drug-likeness (QED) is 0.462. The van der Waals surface area contributed by atoms with E-state index in [0.29, 0.717) is 11.4 Å². The van der Waals surface area contributed by atoms with Crippen molar-refractivity contribution in [2.45, 2.75) is 32.5 Å². The zero-order valence-corrected chi connectivity index (χ0v) is 21.7. The molecule has 0 aliphatic carbocycles. The van der Waals surface area contributed by atoms with Gasteiger partial charge in [0.2, 0.25) is 11.8 Å². The molecule has 202 valence electrons. The van der Waals surface area contributed by atoms with E-state index in [1.807, 2.05) is 0 Å². The van der Waals surface area contributed by atoms with Gasteiger partial charge in [0.15, 0.2) is 0 Å². The molecule has 1 aromatic carbocycles. The van der Waals surface area contributed by atoms with Crippen LogP contribution in [0.4, 0.5) is 34.8 Å². The van der Waals surface area contributed by atoms with Crippen LogP contribution in [0.1, 0.15) is 23.4 Å². The molecule has 13 heteroatoms. The van der Waals surface area contributed by atoms with E-state index >= 15 is 0 Å². The second-order valence-corrected chi connectivity index (χ2v) is 9.65. The van der Waals surface area contributed by atoms with Gasteiger partial charge in [-0.25, -0.2) is 9.37 Å². The smallest absolute Gasteiger partial charge is 0.344 e. The number of benzene rings is 1. The molecule has 2 atom stereocenters. The number of alkyl halides is 3. The number of aryl methyl sites for hydroxylation is 3. The first kappa shape index (κ1) is 27.4. The highest BCUT2D eigenvalue weighted by molar-refractivity contribution is 6.31. The Morgan fingerprint density at radius 1 is 1.18 bits per heavy atom. The van der Waals surface area contributed by atoms with Crippen LogP contribution in [0.5, 0.6) is 0 Å². The van der Waals surface area contributed by atoms with Gasteiger partial charge in [0.1, 0.15) is 17.7 Å². The number of hydrogen-bond donors (Lipinski definition) is 1. The van der Waals surface area contributed by atoms with E-state index in [-0.39, 0.29) is 35.2 Å². The zero-order chi connectivity index (χ0) is 27.9. The zero-order valence-electron chi connectivity index (χ0n) is 21.0. The van der Waals surface area contributed by atoms with Gasteiger partial charge in [0, 0.05) is 38.2 Å². The number of carbonyl (C=O) groups excluding carboxylic acids is 2. The number of rotatable bonds is 5. The number of pyridine rings is 1. The number of carbonyl (C=O) groups is 2. The molecular formula is C25H25ClF4N6O2. The van der Waals surface area contributed by atoms with Gasteiger partial charge in [0.25, 0.3) is 0 Å². The molecule has 8 nitrogen and oxygen atoms in total. The first-order chi connectivity index (χ1) is 17.7. The summed E-state index contributed by atoms with van der Waals surface area (Å²) in [7, 11) is 3.15. The molecule has 1 N–H and O–H groups in total. The maximum atomic E-state index is 13.7. The van der Waals surface area contributed by atoms with Crippen LogP contribution in [-0.2, 0) is 22.8 Å². The third-order valence-electron chi connectivity index (χ3n) is 6.41. The van der Waals surface area contributed by atoms with Gasteiger partial charge in [-0.15, -0.1) is 0 Å². The average Bonchev–Trinajstić information content (AvgIpc) is 3.42. The lowest BCUT2D eigenvalue weighted by Crippen LogP contribution is -2.44. The van der Waals surface area contributed by atoms with Crippen molar-refractivity contribution < 1.29 is 27.2 Å². The summed E-state index contributed by atoms with van der Waals surface area (Å²) in [5.41, 5.74) is 0.562. The van der Waals surface area contributed by atoms with E-state index in [1.54, 1.807) is 20.2 Å². The van der Waals surface area contributed by atoms with Gasteiger partial charge in [0.05, 0.1) is 27.9 Å². The molecule has 38 heavy (non-hydrogen) atoms. The maximum absolute atomic E-state index is 13.7. The van der Waals surface area contributed by atoms with Crippen molar-refractivity contribution in [1.82, 2.24) is 14.8 Å². The van der Waals surface area contributed by atoms with Crippen LogP contribution in [0.2, 0.25) is 5.02 Å². The highest BCUT2D eigenvalue weighted by Crippen LogP contribution is 2.36. The summed E-state index contributed by atoms with van der Waals surface area (Å²) in [6, 6.07) is 4.51. The molecule has 1 aliphatic heterocycles. The van der Waals surface area contributed by atoms with E-state index in [0.717, 1.165) is 18.2 Å². The van der Waals surface area contributed by atoms with Crippen molar-refractivity contribution >= 4 is 40.6 Å². The molecule has 1 fully saturated rings. The molecule has 1 saturated heterocycles. The van der Waals surface area contributed by atoms with Gasteiger partial charge in [-0.2, -0.15) is 18.3 Å². The topological polar surface area (TPSA) is 83.4 Å². The molecule has 2 amide bonds. The second kappa shape index (κ2) is 10.2. The normalized spacial score (nSPS) is 17.6. The van der Waals surface area contributed by atoms with Crippen LogP contribution in [0.15, 0.2) is 36.5 Å². The Balaban J connectivity index is 1.68. The monoisotopic (exact) mass is 552 g/mol. The number of likely N-dealkylation sites (N-methyl/N-ethyl adjacent to an activating group) is 1. The van der Waals surface area contributed by atoms with Gasteiger partial charge in [-0.1, -0.05) is 11.6 Å². The van der Waals surface area contributed by atoms with Crippen molar-refractivity contribution in [3.05, 3.63) is 64.3 Å². The molecule has 0 radical (unpaired) electrons. The van der Waals surface area contributed by atoms with Crippen LogP contribution in [0.25, 0.3) is 0 Å². The number of hydrogen-bond acceptors (Lipinski definition) is 5. The number of halogens is 5. The van der Waals surface area contributed by atoms with Crippen molar-refractivity contribution in [3.8, 4) is 0 Å². The first-order valence-electron chi connectivity index (χ1n) is 11.6. The van der Waals surface area contributed by atoms with Gasteiger partial charge in [-0.05, 0) is 50.6 Å². The van der Waals surface area contributed by atoms with Crippen molar-refractivity contribution in [2.75, 3.05) is 28.7 Å². The second-order valence-electron chi connectivity index (χ2n) is 9.24. The van der Waals surface area contributed by atoms with Gasteiger partial charge < -0.3 is 15.1 Å². The Bertz CT molecular complexity index is 1390. The van der Waals surface area contributed by atoms with Crippen LogP contribution in [0, 0.1) is 25.6 Å². The molecule has 3 heterocycles. The molecule has 3 aromatic rings. The number of aromatic nitrogens is 3. The first-order valence-corrected chi connectivity index (χ1v) is 12.0. The van der Waals surface area contributed by atoms with Crippen LogP contribution >= 0.6 is 11.6 Å². The van der Waals surface area contributed by atoms with Crippen molar-refractivity contribution in [1.29, 1.82) is 0 Å². The van der Waals surface area contributed by atoms with Crippen LogP contribution < -0.4 is 15.1 Å². The predicted octanol–water partition coefficient (Wildman–Crippen LogP) is 4.74. The van der Waals surface area contributed by atoms with Crippen LogP contribution in [-0.4, -0.2) is 46.2 Å². The molecule has 2 aromatic heterocycles. The van der Waals surface area contributed by atoms with Gasteiger partial charge >= 0.3 is 6.18 Å². The molecule has 0 unspecified atom stereocenters. The van der Waals surface area contributed by atoms with Crippen molar-refractivity contribution in [2.24, 2.45) is 13.0 Å². The van der Waals surface area contributed by atoms with E-state index in [2.05, 4.69) is 15.4 Å². The molecule has 0 bridgehead atoms. The summed E-state index contributed by atoms with van der Waals surface area (Å²) in [5.74, 6) is -2.40. The minimum Gasteiger partial charge on any atom is -0.344 e. The third-order valence-corrected chi connectivity index (χ3v) is 6.70. The lowest BCUT2D eigenvalue weighted by molar-refractivity contribution is -0.137. The number of amides is 2. The largest absolute Gasteiger partial charge is 0.416 e. The summed E-state index contributed by atoms with van der Waals surface area (Å²) in [4.78, 5) is 33.7. The van der Waals surface area contributed by atoms with Crippen molar-refractivity contribution in [3.63, 3.8) is 0 Å². The summed E-state index contributed by atoms with van der Waals surface area (Å²) in [6.45, 7) is 3.10. The fourth-order valence-corrected chi connectivity index (χ4v) is 4.65. The maximum Gasteiger partial charge on any atom is 0.416 e. The lowest BCUT2D eigenvalue weighted by Gasteiger charge is -2.29. The minimum atomic E-state index is -4.63. The summed E-state index contributed by atoms with van der Waals surface area (Å²) in [5, 5.41) is 6.79. The number of nitrogens with one attached hydrogen (secondary N) is 1. The SMILES string of the molecule is Cc1cc(C(F)(F)F)cc(N2C[C@@H](C(=O)Nc3cn(C)nc3C)C[C@H]2C(=O)N(C)c2ccc(F)c(Cl)c2)n1. The minimum absolute atomic E-state index is 0.0141. The third kappa shape index (κ3) is 5.59. The number of nitrogens with zero attached hydrogens (tertiary/aromatic N) is 5. The summed E-state index contributed by atoms with van der Waals surface area (Å²) in [6.07, 6.45) is -2.98. The fourth-order valence-electron chi connectivity index (χ4n) is 4.48. The molecule has 1 aliphatic rings. The molecular weight excluding hydrogens is 528 g/mol. The predicted molar refractivity (Wildman–Crippen MR) is 135 cm³/mol. The Morgan fingerprint density at radius 2 is 1.89 bits per heavy atom. The Hall–Kier alpha value is -3.67. The van der Waals surface area contributed by atoms with E-state index < -0.39 is 41.3 Å². The van der Waals surface area contributed by atoms with E-state index in [4.69, 9.17) is 11.6 Å². The molecule has 0 spiro atoms. The van der Waals surface area contributed by atoms with Crippen LogP contribution in [0.3, 0.4) is 0 Å². The molecule has 4 rings (SSSR count). The summed E-state index contributed by atoms with van der Waals surface area (Å²) >= 11 is 5.88. The highest BCUT2D eigenvalue weighted by Gasteiger charge is 2.43. The van der Waals surface area contributed by atoms with E-state index in [9.17, 15) is 27.2 Å². The highest BCUT2D eigenvalue weighted by atomic mass is 35.5. The molecule has 0 saturated carbocycles.